The van der Waals surface area contributed by atoms with Gasteiger partial charge in [-0.3, -0.25) is 4.99 Å². The number of aromatic hydroxyl groups is 1. The molecule has 0 atom stereocenters. The topological polar surface area (TPSA) is 59.9 Å². The third-order valence-corrected chi connectivity index (χ3v) is 3.64. The minimum Gasteiger partial charge on any atom is -0.508 e. The highest BCUT2D eigenvalue weighted by atomic mass is 16.3. The third-order valence-electron chi connectivity index (χ3n) is 3.64. The normalized spacial score (nSPS) is 16.4. The average molecular weight is 290 g/mol. The van der Waals surface area contributed by atoms with Crippen LogP contribution in [0.5, 0.6) is 5.75 Å². The molecule has 1 saturated carbocycles. The van der Waals surface area contributed by atoms with Gasteiger partial charge in [-0.15, -0.1) is 0 Å². The van der Waals surface area contributed by atoms with Gasteiger partial charge < -0.3 is 20.6 Å². The maximum atomic E-state index is 9.34. The molecule has 0 heterocycles. The standard InChI is InChI=1S/C16H26N4O/c1-20(2)12-11-17-16(18-13-5-3-4-6-13)19-14-7-9-15(21)10-8-14/h7-10,13,21H,3-6,11-12H2,1-2H3,(H2,17,18,19). The first-order valence-corrected chi connectivity index (χ1v) is 7.65. The number of likely N-dealkylation sites (N-methyl/N-ethyl adjacent to an activating group) is 1. The summed E-state index contributed by atoms with van der Waals surface area (Å²) in [5, 5.41) is 16.2. The van der Waals surface area contributed by atoms with E-state index in [0.717, 1.165) is 24.7 Å². The number of benzene rings is 1. The van der Waals surface area contributed by atoms with Gasteiger partial charge in [0.15, 0.2) is 5.96 Å². The number of hydrogen-bond acceptors (Lipinski definition) is 3. The number of aliphatic imine (C=N–C) groups is 1. The first-order valence-electron chi connectivity index (χ1n) is 7.65. The summed E-state index contributed by atoms with van der Waals surface area (Å²) in [7, 11) is 4.10. The highest BCUT2D eigenvalue weighted by molar-refractivity contribution is 5.93. The van der Waals surface area contributed by atoms with Crippen molar-refractivity contribution in [3.8, 4) is 5.75 Å². The van der Waals surface area contributed by atoms with Crippen LogP contribution in [0.2, 0.25) is 0 Å². The molecule has 5 heteroatoms. The fourth-order valence-electron chi connectivity index (χ4n) is 2.43. The summed E-state index contributed by atoms with van der Waals surface area (Å²) in [4.78, 5) is 6.76. The van der Waals surface area contributed by atoms with E-state index in [1.165, 1.54) is 25.7 Å². The maximum Gasteiger partial charge on any atom is 0.196 e. The number of anilines is 1. The Morgan fingerprint density at radius 1 is 1.24 bits per heavy atom. The van der Waals surface area contributed by atoms with E-state index in [9.17, 15) is 5.11 Å². The molecule has 0 aliphatic heterocycles. The van der Waals surface area contributed by atoms with Crippen molar-refractivity contribution in [2.24, 2.45) is 4.99 Å². The number of hydrogen-bond donors (Lipinski definition) is 3. The lowest BCUT2D eigenvalue weighted by Gasteiger charge is -2.18. The van der Waals surface area contributed by atoms with E-state index < -0.39 is 0 Å². The Kier molecular flexibility index (Phi) is 5.87. The summed E-state index contributed by atoms with van der Waals surface area (Å²) < 4.78 is 0. The largest absolute Gasteiger partial charge is 0.508 e. The monoisotopic (exact) mass is 290 g/mol. The number of guanidine groups is 1. The van der Waals surface area contributed by atoms with Crippen LogP contribution < -0.4 is 10.6 Å². The van der Waals surface area contributed by atoms with E-state index >= 15 is 0 Å². The van der Waals surface area contributed by atoms with E-state index in [4.69, 9.17) is 0 Å². The van der Waals surface area contributed by atoms with Crippen molar-refractivity contribution >= 4 is 11.6 Å². The summed E-state index contributed by atoms with van der Waals surface area (Å²) in [6, 6.07) is 7.58. The minimum absolute atomic E-state index is 0.274. The second-order valence-corrected chi connectivity index (χ2v) is 5.83. The molecule has 0 radical (unpaired) electrons. The van der Waals surface area contributed by atoms with Crippen molar-refractivity contribution < 1.29 is 5.11 Å². The number of nitrogens with one attached hydrogen (secondary N) is 2. The molecular formula is C16H26N4O. The number of phenolic OH excluding ortho intramolecular Hbond substituents is 1. The smallest absolute Gasteiger partial charge is 0.196 e. The van der Waals surface area contributed by atoms with Gasteiger partial charge in [-0.25, -0.2) is 0 Å². The van der Waals surface area contributed by atoms with Crippen molar-refractivity contribution in [1.29, 1.82) is 0 Å². The Bertz CT molecular complexity index is 450. The second-order valence-electron chi connectivity index (χ2n) is 5.83. The molecule has 116 valence electrons. The average Bonchev–Trinajstić information content (AvgIpc) is 2.94. The molecule has 1 aromatic rings. The molecule has 0 unspecified atom stereocenters. The second kappa shape index (κ2) is 7.88. The Hall–Kier alpha value is -1.75. The summed E-state index contributed by atoms with van der Waals surface area (Å²) in [5.74, 6) is 1.10. The summed E-state index contributed by atoms with van der Waals surface area (Å²) in [5.41, 5.74) is 0.932. The lowest BCUT2D eigenvalue weighted by Crippen LogP contribution is -2.38. The highest BCUT2D eigenvalue weighted by Crippen LogP contribution is 2.18. The molecule has 0 spiro atoms. The number of nitrogens with zero attached hydrogens (tertiary/aromatic N) is 2. The first kappa shape index (κ1) is 15.6. The minimum atomic E-state index is 0.274. The van der Waals surface area contributed by atoms with Gasteiger partial charge in [-0.2, -0.15) is 0 Å². The summed E-state index contributed by atoms with van der Waals surface area (Å²) in [6.07, 6.45) is 5.01. The molecule has 0 saturated heterocycles. The Balaban J connectivity index is 1.97. The van der Waals surface area contributed by atoms with Crippen LogP contribution in [0.15, 0.2) is 29.3 Å². The van der Waals surface area contributed by atoms with Gasteiger partial charge in [0, 0.05) is 18.3 Å². The zero-order valence-electron chi connectivity index (χ0n) is 13.0. The Morgan fingerprint density at radius 2 is 1.90 bits per heavy atom. The van der Waals surface area contributed by atoms with Crippen LogP contribution >= 0.6 is 0 Å². The Morgan fingerprint density at radius 3 is 2.52 bits per heavy atom. The van der Waals surface area contributed by atoms with Gasteiger partial charge in [0.05, 0.1) is 6.54 Å². The van der Waals surface area contributed by atoms with Crippen molar-refractivity contribution in [3.63, 3.8) is 0 Å². The van der Waals surface area contributed by atoms with E-state index in [0.29, 0.717) is 6.04 Å². The predicted molar refractivity (Wildman–Crippen MR) is 88.0 cm³/mol. The van der Waals surface area contributed by atoms with Crippen molar-refractivity contribution in [2.45, 2.75) is 31.7 Å². The number of rotatable bonds is 5. The van der Waals surface area contributed by atoms with E-state index in [1.54, 1.807) is 12.1 Å². The van der Waals surface area contributed by atoms with Crippen LogP contribution in [0.25, 0.3) is 0 Å². The zero-order chi connectivity index (χ0) is 15.1. The number of phenols is 1. The quantitative estimate of drug-likeness (QED) is 0.442. The van der Waals surface area contributed by atoms with Crippen LogP contribution in [0.4, 0.5) is 5.69 Å². The Labute approximate surface area is 127 Å². The van der Waals surface area contributed by atoms with Crippen molar-refractivity contribution in [1.82, 2.24) is 10.2 Å². The van der Waals surface area contributed by atoms with Crippen LogP contribution in [0, 0.1) is 0 Å². The molecule has 0 amide bonds. The molecule has 3 N–H and O–H groups in total. The van der Waals surface area contributed by atoms with Crippen LogP contribution in [-0.2, 0) is 0 Å². The molecule has 1 aliphatic carbocycles. The van der Waals surface area contributed by atoms with E-state index in [2.05, 4.69) is 20.5 Å². The van der Waals surface area contributed by atoms with Crippen molar-refractivity contribution in [3.05, 3.63) is 24.3 Å². The lowest BCUT2D eigenvalue weighted by atomic mass is 10.2. The lowest BCUT2D eigenvalue weighted by molar-refractivity contribution is 0.420. The zero-order valence-corrected chi connectivity index (χ0v) is 13.0. The summed E-state index contributed by atoms with van der Waals surface area (Å²) in [6.45, 7) is 1.68. The SMILES string of the molecule is CN(C)CCN=C(Nc1ccc(O)cc1)NC1CCCC1. The third kappa shape index (κ3) is 5.63. The van der Waals surface area contributed by atoms with Crippen molar-refractivity contribution in [2.75, 3.05) is 32.5 Å². The molecule has 1 aliphatic rings. The predicted octanol–water partition coefficient (Wildman–Crippen LogP) is 2.25. The molecule has 0 aromatic heterocycles. The van der Waals surface area contributed by atoms with Gasteiger partial charge >= 0.3 is 0 Å². The molecule has 1 fully saturated rings. The maximum absolute atomic E-state index is 9.34. The fourth-order valence-corrected chi connectivity index (χ4v) is 2.43. The van der Waals surface area contributed by atoms with E-state index in [1.807, 2.05) is 26.2 Å². The summed E-state index contributed by atoms with van der Waals surface area (Å²) >= 11 is 0. The molecule has 2 rings (SSSR count). The highest BCUT2D eigenvalue weighted by Gasteiger charge is 2.16. The van der Waals surface area contributed by atoms with Gasteiger partial charge in [0.25, 0.3) is 0 Å². The van der Waals surface area contributed by atoms with Crippen LogP contribution in [0.3, 0.4) is 0 Å². The molecule has 21 heavy (non-hydrogen) atoms. The van der Waals surface area contributed by atoms with E-state index in [-0.39, 0.29) is 5.75 Å². The first-order chi connectivity index (χ1) is 10.1. The van der Waals surface area contributed by atoms with Gasteiger partial charge in [0.1, 0.15) is 5.75 Å². The molecular weight excluding hydrogens is 264 g/mol. The molecule has 1 aromatic carbocycles. The molecule has 5 nitrogen and oxygen atoms in total. The van der Waals surface area contributed by atoms with Gasteiger partial charge in [-0.1, -0.05) is 12.8 Å². The van der Waals surface area contributed by atoms with Crippen LogP contribution in [0.1, 0.15) is 25.7 Å². The van der Waals surface area contributed by atoms with Crippen LogP contribution in [-0.4, -0.2) is 49.2 Å². The van der Waals surface area contributed by atoms with Gasteiger partial charge in [-0.05, 0) is 51.2 Å². The fraction of sp³-hybridized carbons (Fsp3) is 0.562. The van der Waals surface area contributed by atoms with Gasteiger partial charge in [0.2, 0.25) is 0 Å². The molecule has 0 bridgehead atoms.